The van der Waals surface area contributed by atoms with E-state index in [2.05, 4.69) is 22.6 Å². The number of hydrogen-bond donors (Lipinski definition) is 2. The number of hydrogen-bond acceptors (Lipinski definition) is 4. The molecule has 0 unspecified atom stereocenters. The van der Waals surface area contributed by atoms with Crippen molar-refractivity contribution in [3.63, 3.8) is 0 Å². The minimum Gasteiger partial charge on any atom is -0.396 e. The van der Waals surface area contributed by atoms with Crippen molar-refractivity contribution in [2.75, 3.05) is 13.2 Å². The van der Waals surface area contributed by atoms with Gasteiger partial charge in [-0.25, -0.2) is 4.98 Å². The lowest BCUT2D eigenvalue weighted by Gasteiger charge is -2.28. The number of aryl methyl sites for hydroxylation is 1. The summed E-state index contributed by atoms with van der Waals surface area (Å²) < 4.78 is 0. The van der Waals surface area contributed by atoms with Crippen LogP contribution in [0.2, 0.25) is 0 Å². The third-order valence-corrected chi connectivity index (χ3v) is 4.45. The smallest absolute Gasteiger partial charge is 0.113 e. The van der Waals surface area contributed by atoms with E-state index in [1.54, 1.807) is 11.3 Å². The van der Waals surface area contributed by atoms with Gasteiger partial charge in [0.15, 0.2) is 0 Å². The first-order chi connectivity index (χ1) is 7.77. The first-order valence-corrected chi connectivity index (χ1v) is 6.93. The molecular weight excluding hydrogens is 220 g/mol. The van der Waals surface area contributed by atoms with Crippen LogP contribution in [0.5, 0.6) is 0 Å². The molecule has 0 aromatic carbocycles. The Balaban J connectivity index is 2.09. The van der Waals surface area contributed by atoms with Gasteiger partial charge in [-0.05, 0) is 32.7 Å². The molecule has 1 saturated carbocycles. The SMILES string of the molecule is Cc1csc(C2(NCCCO)CCCC2)n1. The summed E-state index contributed by atoms with van der Waals surface area (Å²) in [6.45, 7) is 3.20. The van der Waals surface area contributed by atoms with Crippen LogP contribution in [0.4, 0.5) is 0 Å². The Morgan fingerprint density at radius 2 is 2.25 bits per heavy atom. The number of aliphatic hydroxyl groups excluding tert-OH is 1. The van der Waals surface area contributed by atoms with Crippen LogP contribution in [0, 0.1) is 6.92 Å². The fourth-order valence-electron chi connectivity index (χ4n) is 2.43. The summed E-state index contributed by atoms with van der Waals surface area (Å²) in [4.78, 5) is 4.64. The zero-order valence-electron chi connectivity index (χ0n) is 9.83. The van der Waals surface area contributed by atoms with Crippen molar-refractivity contribution >= 4 is 11.3 Å². The number of nitrogens with one attached hydrogen (secondary N) is 1. The van der Waals surface area contributed by atoms with Gasteiger partial charge in [-0.2, -0.15) is 0 Å². The second-order valence-electron chi connectivity index (χ2n) is 4.59. The zero-order valence-corrected chi connectivity index (χ0v) is 10.6. The molecule has 3 nitrogen and oxygen atoms in total. The molecule has 1 aromatic heterocycles. The lowest BCUT2D eigenvalue weighted by atomic mass is 9.98. The highest BCUT2D eigenvalue weighted by molar-refractivity contribution is 7.09. The second kappa shape index (κ2) is 5.25. The summed E-state index contributed by atoms with van der Waals surface area (Å²) in [7, 11) is 0. The molecule has 2 N–H and O–H groups in total. The van der Waals surface area contributed by atoms with E-state index in [0.717, 1.165) is 18.7 Å². The summed E-state index contributed by atoms with van der Waals surface area (Å²) in [5.74, 6) is 0. The highest BCUT2D eigenvalue weighted by Gasteiger charge is 2.37. The molecule has 0 saturated heterocycles. The highest BCUT2D eigenvalue weighted by atomic mass is 32.1. The maximum Gasteiger partial charge on any atom is 0.113 e. The second-order valence-corrected chi connectivity index (χ2v) is 5.45. The summed E-state index contributed by atoms with van der Waals surface area (Å²) in [5, 5.41) is 15.8. The summed E-state index contributed by atoms with van der Waals surface area (Å²) in [5.41, 5.74) is 1.23. The zero-order chi connectivity index (χ0) is 11.4. The molecule has 0 spiro atoms. The highest BCUT2D eigenvalue weighted by Crippen LogP contribution is 2.39. The number of thiazole rings is 1. The summed E-state index contributed by atoms with van der Waals surface area (Å²) in [6.07, 6.45) is 5.76. The first kappa shape index (κ1) is 12.0. The molecule has 90 valence electrons. The average molecular weight is 240 g/mol. The van der Waals surface area contributed by atoms with Crippen LogP contribution < -0.4 is 5.32 Å². The van der Waals surface area contributed by atoms with Gasteiger partial charge in [0.05, 0.1) is 5.54 Å². The molecule has 0 atom stereocenters. The Morgan fingerprint density at radius 1 is 1.50 bits per heavy atom. The first-order valence-electron chi connectivity index (χ1n) is 6.05. The fourth-order valence-corrected chi connectivity index (χ4v) is 3.46. The lowest BCUT2D eigenvalue weighted by Crippen LogP contribution is -2.40. The van der Waals surface area contributed by atoms with Gasteiger partial charge >= 0.3 is 0 Å². The summed E-state index contributed by atoms with van der Waals surface area (Å²) in [6, 6.07) is 0. The Kier molecular flexibility index (Phi) is 3.95. The van der Waals surface area contributed by atoms with Crippen molar-refractivity contribution in [2.24, 2.45) is 0 Å². The van der Waals surface area contributed by atoms with Crippen molar-refractivity contribution in [3.05, 3.63) is 16.1 Å². The van der Waals surface area contributed by atoms with Gasteiger partial charge in [0.25, 0.3) is 0 Å². The van der Waals surface area contributed by atoms with Crippen molar-refractivity contribution < 1.29 is 5.11 Å². The van der Waals surface area contributed by atoms with E-state index < -0.39 is 0 Å². The molecule has 0 aliphatic heterocycles. The van der Waals surface area contributed by atoms with Crippen molar-refractivity contribution in [2.45, 2.75) is 44.6 Å². The Bertz CT molecular complexity index is 332. The van der Waals surface area contributed by atoms with Gasteiger partial charge in [0, 0.05) is 17.7 Å². The molecule has 2 rings (SSSR count). The third kappa shape index (κ3) is 2.44. The van der Waals surface area contributed by atoms with Crippen molar-refractivity contribution in [1.29, 1.82) is 0 Å². The lowest BCUT2D eigenvalue weighted by molar-refractivity contribution is 0.266. The van der Waals surface area contributed by atoms with Crippen LogP contribution in [0.3, 0.4) is 0 Å². The van der Waals surface area contributed by atoms with E-state index in [9.17, 15) is 0 Å². The van der Waals surface area contributed by atoms with Gasteiger partial charge < -0.3 is 10.4 Å². The predicted molar refractivity (Wildman–Crippen MR) is 66.7 cm³/mol. The molecular formula is C12H20N2OS. The Hall–Kier alpha value is -0.450. The van der Waals surface area contributed by atoms with Crippen molar-refractivity contribution in [3.8, 4) is 0 Å². The number of rotatable bonds is 5. The maximum atomic E-state index is 8.85. The van der Waals surface area contributed by atoms with E-state index in [4.69, 9.17) is 5.11 Å². The van der Waals surface area contributed by atoms with Crippen LogP contribution in [-0.2, 0) is 5.54 Å². The largest absolute Gasteiger partial charge is 0.396 e. The Morgan fingerprint density at radius 3 is 2.81 bits per heavy atom. The monoisotopic (exact) mass is 240 g/mol. The molecule has 1 aromatic rings. The Labute approximate surface area is 101 Å². The molecule has 1 heterocycles. The maximum absolute atomic E-state index is 8.85. The van der Waals surface area contributed by atoms with Gasteiger partial charge in [0.2, 0.25) is 0 Å². The van der Waals surface area contributed by atoms with Crippen LogP contribution in [0.15, 0.2) is 5.38 Å². The molecule has 1 aliphatic carbocycles. The minimum atomic E-state index is 0.105. The summed E-state index contributed by atoms with van der Waals surface area (Å²) >= 11 is 1.77. The number of aromatic nitrogens is 1. The third-order valence-electron chi connectivity index (χ3n) is 3.28. The van der Waals surface area contributed by atoms with E-state index in [1.165, 1.54) is 30.7 Å². The normalized spacial score (nSPS) is 19.1. The number of nitrogens with zero attached hydrogens (tertiary/aromatic N) is 1. The van der Waals surface area contributed by atoms with Crippen molar-refractivity contribution in [1.82, 2.24) is 10.3 Å². The predicted octanol–water partition coefficient (Wildman–Crippen LogP) is 2.19. The van der Waals surface area contributed by atoms with Gasteiger partial charge in [-0.1, -0.05) is 12.8 Å². The fraction of sp³-hybridized carbons (Fsp3) is 0.750. The van der Waals surface area contributed by atoms with Crippen LogP contribution in [0.1, 0.15) is 42.8 Å². The number of aliphatic hydroxyl groups is 1. The van der Waals surface area contributed by atoms with Crippen LogP contribution >= 0.6 is 11.3 Å². The van der Waals surface area contributed by atoms with Gasteiger partial charge in [-0.3, -0.25) is 0 Å². The van der Waals surface area contributed by atoms with Gasteiger partial charge in [0.1, 0.15) is 5.01 Å². The van der Waals surface area contributed by atoms with Crippen LogP contribution in [-0.4, -0.2) is 23.2 Å². The minimum absolute atomic E-state index is 0.105. The van der Waals surface area contributed by atoms with E-state index >= 15 is 0 Å². The van der Waals surface area contributed by atoms with Crippen LogP contribution in [0.25, 0.3) is 0 Å². The molecule has 16 heavy (non-hydrogen) atoms. The quantitative estimate of drug-likeness (QED) is 0.776. The topological polar surface area (TPSA) is 45.1 Å². The van der Waals surface area contributed by atoms with Gasteiger partial charge in [-0.15, -0.1) is 11.3 Å². The molecule has 0 radical (unpaired) electrons. The molecule has 1 aliphatic rings. The average Bonchev–Trinajstić information content (AvgIpc) is 2.88. The molecule has 0 bridgehead atoms. The van der Waals surface area contributed by atoms with E-state index in [0.29, 0.717) is 0 Å². The van der Waals surface area contributed by atoms with E-state index in [-0.39, 0.29) is 12.1 Å². The van der Waals surface area contributed by atoms with E-state index in [1.807, 2.05) is 0 Å². The molecule has 4 heteroatoms. The molecule has 0 amide bonds. The molecule has 1 fully saturated rings. The standard InChI is InChI=1S/C12H20N2OS/c1-10-9-16-11(14-10)12(5-2-3-6-12)13-7-4-8-15/h9,13,15H,2-8H2,1H3.